The number of rotatable bonds is 2. The fourth-order valence-corrected chi connectivity index (χ4v) is 2.00. The van der Waals surface area contributed by atoms with Gasteiger partial charge in [0, 0.05) is 6.07 Å². The van der Waals surface area contributed by atoms with Crippen LogP contribution in [0.25, 0.3) is 0 Å². The minimum absolute atomic E-state index is 0.203. The molecule has 1 aliphatic carbocycles. The molecule has 0 fully saturated rings. The van der Waals surface area contributed by atoms with Crippen molar-refractivity contribution in [2.24, 2.45) is 0 Å². The molecule has 0 bridgehead atoms. The highest BCUT2D eigenvalue weighted by Gasteiger charge is 2.15. The monoisotopic (exact) mass is 218 g/mol. The molecule has 3 nitrogen and oxygen atoms in total. The normalized spacial score (nSPS) is 22.1. The molecular weight excluding hydrogens is 204 g/mol. The minimum atomic E-state index is 0.203. The van der Waals surface area contributed by atoms with Gasteiger partial charge < -0.3 is 14.2 Å². The van der Waals surface area contributed by atoms with E-state index in [1.165, 1.54) is 12.8 Å². The van der Waals surface area contributed by atoms with Gasteiger partial charge in [-0.1, -0.05) is 6.08 Å². The van der Waals surface area contributed by atoms with Crippen LogP contribution in [0.1, 0.15) is 19.3 Å². The maximum Gasteiger partial charge on any atom is 0.231 e. The number of fused-ring (bicyclic) bond motifs is 1. The number of hydrogen-bond acceptors (Lipinski definition) is 3. The SMILES string of the molecule is C1=C[C@@H](Oc2ccc3c(c2)OCO3)CCC1. The molecule has 1 heterocycles. The van der Waals surface area contributed by atoms with Gasteiger partial charge in [0.05, 0.1) is 0 Å². The Morgan fingerprint density at radius 2 is 2.12 bits per heavy atom. The second-order valence-corrected chi connectivity index (χ2v) is 4.03. The molecular formula is C13H14O3. The van der Waals surface area contributed by atoms with Crippen molar-refractivity contribution in [1.29, 1.82) is 0 Å². The van der Waals surface area contributed by atoms with Gasteiger partial charge >= 0.3 is 0 Å². The van der Waals surface area contributed by atoms with Gasteiger partial charge in [-0.25, -0.2) is 0 Å². The Kier molecular flexibility index (Phi) is 2.44. The Labute approximate surface area is 94.6 Å². The quantitative estimate of drug-likeness (QED) is 0.714. The molecule has 0 amide bonds. The molecule has 0 aromatic heterocycles. The molecule has 0 saturated heterocycles. The molecule has 3 rings (SSSR count). The van der Waals surface area contributed by atoms with Crippen LogP contribution in [-0.4, -0.2) is 12.9 Å². The lowest BCUT2D eigenvalue weighted by atomic mass is 10.1. The first-order chi connectivity index (χ1) is 7.92. The highest BCUT2D eigenvalue weighted by molar-refractivity contribution is 5.47. The summed E-state index contributed by atoms with van der Waals surface area (Å²) >= 11 is 0. The van der Waals surface area contributed by atoms with Crippen molar-refractivity contribution in [2.75, 3.05) is 6.79 Å². The van der Waals surface area contributed by atoms with Gasteiger partial charge in [-0.05, 0) is 37.5 Å². The zero-order chi connectivity index (χ0) is 10.8. The van der Waals surface area contributed by atoms with Crippen molar-refractivity contribution in [3.63, 3.8) is 0 Å². The van der Waals surface area contributed by atoms with Crippen molar-refractivity contribution in [3.05, 3.63) is 30.4 Å². The third-order valence-electron chi connectivity index (χ3n) is 2.84. The van der Waals surface area contributed by atoms with Gasteiger partial charge in [-0.15, -0.1) is 0 Å². The van der Waals surface area contributed by atoms with E-state index in [1.807, 2.05) is 18.2 Å². The molecule has 0 spiro atoms. The zero-order valence-electron chi connectivity index (χ0n) is 9.02. The zero-order valence-corrected chi connectivity index (χ0v) is 9.02. The van der Waals surface area contributed by atoms with Gasteiger partial charge in [-0.2, -0.15) is 0 Å². The number of allylic oxidation sites excluding steroid dienone is 1. The van der Waals surface area contributed by atoms with Crippen LogP contribution in [0.2, 0.25) is 0 Å². The third-order valence-corrected chi connectivity index (χ3v) is 2.84. The van der Waals surface area contributed by atoms with Crippen LogP contribution in [0.4, 0.5) is 0 Å². The molecule has 1 aromatic carbocycles. The van der Waals surface area contributed by atoms with Crippen LogP contribution in [0.5, 0.6) is 17.2 Å². The second-order valence-electron chi connectivity index (χ2n) is 4.03. The summed E-state index contributed by atoms with van der Waals surface area (Å²) in [5.41, 5.74) is 0. The lowest BCUT2D eigenvalue weighted by molar-refractivity contribution is 0.173. The molecule has 16 heavy (non-hydrogen) atoms. The predicted molar refractivity (Wildman–Crippen MR) is 60.0 cm³/mol. The van der Waals surface area contributed by atoms with Crippen LogP contribution in [0.15, 0.2) is 30.4 Å². The van der Waals surface area contributed by atoms with Crippen molar-refractivity contribution >= 4 is 0 Å². The van der Waals surface area contributed by atoms with E-state index in [-0.39, 0.29) is 6.10 Å². The smallest absolute Gasteiger partial charge is 0.231 e. The van der Waals surface area contributed by atoms with E-state index in [0.717, 1.165) is 23.7 Å². The summed E-state index contributed by atoms with van der Waals surface area (Å²) < 4.78 is 16.4. The lowest BCUT2D eigenvalue weighted by Gasteiger charge is -2.18. The second kappa shape index (κ2) is 4.08. The van der Waals surface area contributed by atoms with E-state index in [4.69, 9.17) is 14.2 Å². The van der Waals surface area contributed by atoms with E-state index in [1.54, 1.807) is 0 Å². The summed E-state index contributed by atoms with van der Waals surface area (Å²) in [4.78, 5) is 0. The van der Waals surface area contributed by atoms with Gasteiger partial charge in [0.2, 0.25) is 6.79 Å². The summed E-state index contributed by atoms with van der Waals surface area (Å²) in [6, 6.07) is 5.71. The summed E-state index contributed by atoms with van der Waals surface area (Å²) in [5.74, 6) is 2.42. The van der Waals surface area contributed by atoms with E-state index in [0.29, 0.717) is 6.79 Å². The summed E-state index contributed by atoms with van der Waals surface area (Å²) in [5, 5.41) is 0. The van der Waals surface area contributed by atoms with Gasteiger partial charge in [0.15, 0.2) is 11.5 Å². The Hall–Kier alpha value is -1.64. The molecule has 1 atom stereocenters. The number of hydrogen-bond donors (Lipinski definition) is 0. The first-order valence-corrected chi connectivity index (χ1v) is 5.65. The predicted octanol–water partition coefficient (Wildman–Crippen LogP) is 2.90. The number of ether oxygens (including phenoxy) is 3. The van der Waals surface area contributed by atoms with E-state index in [9.17, 15) is 0 Å². The molecule has 0 radical (unpaired) electrons. The fourth-order valence-electron chi connectivity index (χ4n) is 2.00. The first kappa shape index (κ1) is 9.58. The largest absolute Gasteiger partial charge is 0.486 e. The summed E-state index contributed by atoms with van der Waals surface area (Å²) in [6.45, 7) is 0.308. The third kappa shape index (κ3) is 1.85. The molecule has 1 aliphatic heterocycles. The van der Waals surface area contributed by atoms with Crippen molar-refractivity contribution in [1.82, 2.24) is 0 Å². The summed E-state index contributed by atoms with van der Waals surface area (Å²) in [7, 11) is 0. The van der Waals surface area contributed by atoms with E-state index >= 15 is 0 Å². The van der Waals surface area contributed by atoms with Crippen LogP contribution in [0.3, 0.4) is 0 Å². The first-order valence-electron chi connectivity index (χ1n) is 5.65. The van der Waals surface area contributed by atoms with Crippen LogP contribution in [-0.2, 0) is 0 Å². The topological polar surface area (TPSA) is 27.7 Å². The van der Waals surface area contributed by atoms with Crippen molar-refractivity contribution in [2.45, 2.75) is 25.4 Å². The minimum Gasteiger partial charge on any atom is -0.486 e. The molecule has 1 aromatic rings. The van der Waals surface area contributed by atoms with Crippen LogP contribution < -0.4 is 14.2 Å². The highest BCUT2D eigenvalue weighted by atomic mass is 16.7. The summed E-state index contributed by atoms with van der Waals surface area (Å²) in [6.07, 6.45) is 7.97. The van der Waals surface area contributed by atoms with Gasteiger partial charge in [0.25, 0.3) is 0 Å². The molecule has 0 N–H and O–H groups in total. The average Bonchev–Trinajstić information content (AvgIpc) is 2.77. The standard InChI is InChI=1S/C13H14O3/c1-2-4-10(5-3-1)16-11-6-7-12-13(8-11)15-9-14-12/h2,4,6-8,10H,1,3,5,9H2/t10-/m1/s1. The molecule has 0 unspecified atom stereocenters. The van der Waals surface area contributed by atoms with E-state index < -0.39 is 0 Å². The Bertz CT molecular complexity index is 412. The highest BCUT2D eigenvalue weighted by Crippen LogP contribution is 2.35. The maximum absolute atomic E-state index is 5.86. The number of benzene rings is 1. The van der Waals surface area contributed by atoms with Gasteiger partial charge in [0.1, 0.15) is 11.9 Å². The maximum atomic E-state index is 5.86. The van der Waals surface area contributed by atoms with Gasteiger partial charge in [-0.3, -0.25) is 0 Å². The Morgan fingerprint density at radius 3 is 3.00 bits per heavy atom. The molecule has 84 valence electrons. The lowest BCUT2D eigenvalue weighted by Crippen LogP contribution is -2.15. The molecule has 2 aliphatic rings. The Morgan fingerprint density at radius 1 is 1.19 bits per heavy atom. The molecule has 0 saturated carbocycles. The fraction of sp³-hybridized carbons (Fsp3) is 0.385. The molecule has 3 heteroatoms. The van der Waals surface area contributed by atoms with Crippen molar-refractivity contribution < 1.29 is 14.2 Å². The van der Waals surface area contributed by atoms with Crippen LogP contribution >= 0.6 is 0 Å². The van der Waals surface area contributed by atoms with Crippen molar-refractivity contribution in [3.8, 4) is 17.2 Å². The van der Waals surface area contributed by atoms with Crippen LogP contribution in [0, 0.1) is 0 Å². The average molecular weight is 218 g/mol. The van der Waals surface area contributed by atoms with E-state index in [2.05, 4.69) is 12.2 Å². The Balaban J connectivity index is 1.74.